The molecule has 20 heavy (non-hydrogen) atoms. The zero-order valence-corrected chi connectivity index (χ0v) is 13.1. The summed E-state index contributed by atoms with van der Waals surface area (Å²) in [5.41, 5.74) is 0.145. The largest absolute Gasteiger partial charge is 0.425 e. The molecule has 2 heterocycles. The normalized spacial score (nSPS) is 25.9. The molecule has 0 unspecified atom stereocenters. The van der Waals surface area contributed by atoms with Crippen LogP contribution in [0.2, 0.25) is 0 Å². The van der Waals surface area contributed by atoms with E-state index in [1.807, 2.05) is 0 Å². The van der Waals surface area contributed by atoms with Crippen molar-refractivity contribution in [3.63, 3.8) is 0 Å². The number of thiophene rings is 1. The van der Waals surface area contributed by atoms with Gasteiger partial charge < -0.3 is 4.74 Å². The molecule has 3 atom stereocenters. The number of ether oxygens (including phenoxy) is 1. The summed E-state index contributed by atoms with van der Waals surface area (Å²) < 4.78 is 43.9. The Morgan fingerprint density at radius 1 is 1.20 bits per heavy atom. The van der Waals surface area contributed by atoms with E-state index in [4.69, 9.17) is 4.74 Å². The molecule has 114 valence electrons. The molecular formula is C15H21F3OS. The van der Waals surface area contributed by atoms with E-state index in [1.165, 1.54) is 0 Å². The summed E-state index contributed by atoms with van der Waals surface area (Å²) in [4.78, 5) is 0.157. The van der Waals surface area contributed by atoms with E-state index >= 15 is 0 Å². The van der Waals surface area contributed by atoms with Crippen LogP contribution in [0.15, 0.2) is 12.1 Å². The first-order valence-electron chi connectivity index (χ1n) is 6.91. The third-order valence-electron chi connectivity index (χ3n) is 4.20. The van der Waals surface area contributed by atoms with Crippen LogP contribution < -0.4 is 0 Å². The Hall–Kier alpha value is -0.550. The molecule has 1 aliphatic rings. The molecule has 0 N–H and O–H groups in total. The van der Waals surface area contributed by atoms with Crippen LogP contribution in [0.25, 0.3) is 0 Å². The third kappa shape index (κ3) is 3.37. The first-order chi connectivity index (χ1) is 9.09. The minimum atomic E-state index is -4.25. The van der Waals surface area contributed by atoms with Gasteiger partial charge in [-0.2, -0.15) is 13.2 Å². The highest BCUT2D eigenvalue weighted by molar-refractivity contribution is 7.12. The summed E-state index contributed by atoms with van der Waals surface area (Å²) in [7, 11) is 0. The summed E-state index contributed by atoms with van der Waals surface area (Å²) in [6.07, 6.45) is -2.56. The Balaban J connectivity index is 2.05. The Morgan fingerprint density at radius 2 is 1.85 bits per heavy atom. The Labute approximate surface area is 122 Å². The van der Waals surface area contributed by atoms with E-state index in [9.17, 15) is 13.2 Å². The number of alkyl halides is 3. The zero-order chi connectivity index (χ0) is 15.1. The van der Waals surface area contributed by atoms with E-state index in [-0.39, 0.29) is 17.6 Å². The summed E-state index contributed by atoms with van der Waals surface area (Å²) in [6.45, 7) is 8.66. The molecule has 0 saturated carbocycles. The van der Waals surface area contributed by atoms with Gasteiger partial charge in [-0.1, -0.05) is 27.7 Å². The van der Waals surface area contributed by atoms with Crippen molar-refractivity contribution >= 4 is 11.3 Å². The number of rotatable bonds is 2. The van der Waals surface area contributed by atoms with Crippen molar-refractivity contribution < 1.29 is 17.9 Å². The second-order valence-corrected chi connectivity index (χ2v) is 7.71. The lowest BCUT2D eigenvalue weighted by Crippen LogP contribution is -2.29. The average Bonchev–Trinajstić information content (AvgIpc) is 2.94. The third-order valence-corrected chi connectivity index (χ3v) is 5.42. The molecule has 2 rings (SSSR count). The molecule has 1 fully saturated rings. The number of hydrogen-bond acceptors (Lipinski definition) is 2. The highest BCUT2D eigenvalue weighted by Gasteiger charge is 2.38. The Morgan fingerprint density at radius 3 is 2.35 bits per heavy atom. The maximum absolute atomic E-state index is 12.6. The predicted octanol–water partition coefficient (Wildman–Crippen LogP) is 5.67. The van der Waals surface area contributed by atoms with E-state index in [2.05, 4.69) is 27.7 Å². The van der Waals surface area contributed by atoms with Crippen molar-refractivity contribution in [2.45, 2.75) is 58.9 Å². The molecular weight excluding hydrogens is 285 g/mol. The van der Waals surface area contributed by atoms with Crippen LogP contribution in [-0.2, 0) is 10.9 Å². The number of hydrogen-bond donors (Lipinski definition) is 0. The smallest absolute Gasteiger partial charge is 0.369 e. The molecule has 0 bridgehead atoms. The minimum absolute atomic E-state index is 0.136. The van der Waals surface area contributed by atoms with Crippen molar-refractivity contribution in [1.82, 2.24) is 0 Å². The Kier molecular flexibility index (Phi) is 4.22. The van der Waals surface area contributed by atoms with E-state index in [1.54, 1.807) is 6.07 Å². The molecule has 1 saturated heterocycles. The quantitative estimate of drug-likeness (QED) is 0.684. The lowest BCUT2D eigenvalue weighted by Gasteiger charge is -2.32. The first-order valence-corrected chi connectivity index (χ1v) is 7.73. The van der Waals surface area contributed by atoms with Gasteiger partial charge in [0, 0.05) is 4.88 Å². The topological polar surface area (TPSA) is 9.23 Å². The SMILES string of the molecule is C[C@@H]([C@@H]1CC[C@H](c2ccc(C(F)(F)F)s2)O1)C(C)(C)C. The fraction of sp³-hybridized carbons (Fsp3) is 0.733. The molecule has 0 aliphatic carbocycles. The van der Waals surface area contributed by atoms with Crippen LogP contribution in [0, 0.1) is 11.3 Å². The standard InChI is InChI=1S/C15H21F3OS/c1-9(14(2,3)4)10-5-6-11(19-10)12-7-8-13(20-12)15(16,17)18/h7-11H,5-6H2,1-4H3/t9-,10-,11+/m0/s1. The number of halogens is 3. The fourth-order valence-corrected chi connectivity index (χ4v) is 3.42. The van der Waals surface area contributed by atoms with Gasteiger partial charge in [0.25, 0.3) is 0 Å². The second-order valence-electron chi connectivity index (χ2n) is 6.60. The van der Waals surface area contributed by atoms with Gasteiger partial charge in [-0.05, 0) is 36.3 Å². The summed E-state index contributed by atoms with van der Waals surface area (Å²) in [5, 5.41) is 0. The second kappa shape index (κ2) is 5.34. The lowest BCUT2D eigenvalue weighted by atomic mass is 9.78. The van der Waals surface area contributed by atoms with E-state index < -0.39 is 11.1 Å². The van der Waals surface area contributed by atoms with Gasteiger partial charge in [0.15, 0.2) is 0 Å². The Bertz CT molecular complexity index is 458. The maximum atomic E-state index is 12.6. The summed E-state index contributed by atoms with van der Waals surface area (Å²) in [5.74, 6) is 0.384. The zero-order valence-electron chi connectivity index (χ0n) is 12.3. The lowest BCUT2D eigenvalue weighted by molar-refractivity contribution is -0.134. The molecule has 0 amide bonds. The molecule has 5 heteroatoms. The van der Waals surface area contributed by atoms with Crippen LogP contribution in [0.5, 0.6) is 0 Å². The van der Waals surface area contributed by atoms with Gasteiger partial charge >= 0.3 is 6.18 Å². The van der Waals surface area contributed by atoms with Crippen LogP contribution in [-0.4, -0.2) is 6.10 Å². The average molecular weight is 306 g/mol. The van der Waals surface area contributed by atoms with E-state index in [0.717, 1.165) is 30.2 Å². The maximum Gasteiger partial charge on any atom is 0.425 e. The van der Waals surface area contributed by atoms with Crippen molar-refractivity contribution in [2.24, 2.45) is 11.3 Å². The highest BCUT2D eigenvalue weighted by Crippen LogP contribution is 2.44. The predicted molar refractivity (Wildman–Crippen MR) is 74.8 cm³/mol. The highest BCUT2D eigenvalue weighted by atomic mass is 32.1. The van der Waals surface area contributed by atoms with Crippen molar-refractivity contribution in [3.05, 3.63) is 21.9 Å². The molecule has 1 aromatic rings. The monoisotopic (exact) mass is 306 g/mol. The van der Waals surface area contributed by atoms with Crippen LogP contribution in [0.3, 0.4) is 0 Å². The van der Waals surface area contributed by atoms with Gasteiger partial charge in [-0.15, -0.1) is 11.3 Å². The summed E-state index contributed by atoms with van der Waals surface area (Å²) >= 11 is 0.808. The molecule has 1 nitrogen and oxygen atoms in total. The van der Waals surface area contributed by atoms with Crippen molar-refractivity contribution in [1.29, 1.82) is 0 Å². The van der Waals surface area contributed by atoms with Gasteiger partial charge in [-0.25, -0.2) is 0 Å². The van der Waals surface area contributed by atoms with Gasteiger partial charge in [-0.3, -0.25) is 0 Å². The minimum Gasteiger partial charge on any atom is -0.369 e. The van der Waals surface area contributed by atoms with Gasteiger partial charge in [0.2, 0.25) is 0 Å². The van der Waals surface area contributed by atoms with E-state index in [0.29, 0.717) is 10.8 Å². The van der Waals surface area contributed by atoms with Gasteiger partial charge in [0.05, 0.1) is 12.2 Å². The van der Waals surface area contributed by atoms with Gasteiger partial charge in [0.1, 0.15) is 4.88 Å². The molecule has 1 aliphatic heterocycles. The van der Waals surface area contributed by atoms with Crippen molar-refractivity contribution in [3.8, 4) is 0 Å². The fourth-order valence-electron chi connectivity index (χ4n) is 2.48. The van der Waals surface area contributed by atoms with Crippen molar-refractivity contribution in [2.75, 3.05) is 0 Å². The van der Waals surface area contributed by atoms with Crippen LogP contribution in [0.1, 0.15) is 56.4 Å². The molecule has 1 aromatic heterocycles. The first kappa shape index (κ1) is 15.8. The molecule has 0 radical (unpaired) electrons. The van der Waals surface area contributed by atoms with Crippen LogP contribution in [0.4, 0.5) is 13.2 Å². The molecule has 0 spiro atoms. The van der Waals surface area contributed by atoms with Crippen LogP contribution >= 0.6 is 11.3 Å². The molecule has 0 aromatic carbocycles. The summed E-state index contributed by atoms with van der Waals surface area (Å²) in [6, 6.07) is 2.71.